The number of anilines is 1. The summed E-state index contributed by atoms with van der Waals surface area (Å²) in [6.45, 7) is -0.423. The first-order valence-electron chi connectivity index (χ1n) is 8.30. The van der Waals surface area contributed by atoms with E-state index >= 15 is 0 Å². The standard InChI is InChI=1S/C19H22N2O6S/c1-21(12-18(22)20-14-5-4-6-16(11-14)26-2)19(23)13-27-15-7-9-17(10-8-15)28(3,24)25/h4-11H,12-13H2,1-3H3,(H,20,22). The fourth-order valence-corrected chi connectivity index (χ4v) is 2.87. The minimum atomic E-state index is -3.29. The van der Waals surface area contributed by atoms with E-state index in [1.54, 1.807) is 24.3 Å². The zero-order valence-corrected chi connectivity index (χ0v) is 16.7. The molecule has 0 fully saturated rings. The topological polar surface area (TPSA) is 102 Å². The number of likely N-dealkylation sites (N-methyl/N-ethyl adjacent to an activating group) is 1. The Bertz CT molecular complexity index is 941. The van der Waals surface area contributed by atoms with Crippen LogP contribution in [0.5, 0.6) is 11.5 Å². The first-order valence-corrected chi connectivity index (χ1v) is 10.2. The quantitative estimate of drug-likeness (QED) is 0.714. The monoisotopic (exact) mass is 406 g/mol. The smallest absolute Gasteiger partial charge is 0.260 e. The van der Waals surface area contributed by atoms with Gasteiger partial charge in [0.05, 0.1) is 18.6 Å². The largest absolute Gasteiger partial charge is 0.497 e. The van der Waals surface area contributed by atoms with E-state index in [0.29, 0.717) is 17.2 Å². The van der Waals surface area contributed by atoms with Crippen molar-refractivity contribution >= 4 is 27.3 Å². The molecule has 0 spiro atoms. The number of amides is 2. The van der Waals surface area contributed by atoms with Gasteiger partial charge in [-0.15, -0.1) is 0 Å². The van der Waals surface area contributed by atoms with Crippen molar-refractivity contribution in [3.05, 3.63) is 48.5 Å². The number of rotatable bonds is 8. The van der Waals surface area contributed by atoms with Crippen LogP contribution in [0.2, 0.25) is 0 Å². The van der Waals surface area contributed by atoms with Crippen molar-refractivity contribution in [3.63, 3.8) is 0 Å². The van der Waals surface area contributed by atoms with Gasteiger partial charge >= 0.3 is 0 Å². The Labute approximate surface area is 164 Å². The van der Waals surface area contributed by atoms with Gasteiger partial charge in [0.2, 0.25) is 5.91 Å². The number of ether oxygens (including phenoxy) is 2. The van der Waals surface area contributed by atoms with E-state index in [9.17, 15) is 18.0 Å². The summed E-state index contributed by atoms with van der Waals surface area (Å²) >= 11 is 0. The molecule has 0 atom stereocenters. The van der Waals surface area contributed by atoms with Crippen molar-refractivity contribution in [3.8, 4) is 11.5 Å². The van der Waals surface area contributed by atoms with Crippen LogP contribution in [0.15, 0.2) is 53.4 Å². The molecule has 2 aromatic carbocycles. The Morgan fingerprint density at radius 2 is 1.75 bits per heavy atom. The molecule has 0 aliphatic rings. The maximum absolute atomic E-state index is 12.1. The summed E-state index contributed by atoms with van der Waals surface area (Å²) in [5, 5.41) is 2.69. The molecule has 2 rings (SSSR count). The van der Waals surface area contributed by atoms with Gasteiger partial charge < -0.3 is 19.7 Å². The SMILES string of the molecule is COc1cccc(NC(=O)CN(C)C(=O)COc2ccc(S(C)(=O)=O)cc2)c1. The first-order chi connectivity index (χ1) is 13.2. The Hall–Kier alpha value is -3.07. The molecule has 1 N–H and O–H groups in total. The van der Waals surface area contributed by atoms with Gasteiger partial charge in [-0.05, 0) is 36.4 Å². The molecule has 150 valence electrons. The third-order valence-corrected chi connectivity index (χ3v) is 4.90. The maximum Gasteiger partial charge on any atom is 0.260 e. The third kappa shape index (κ3) is 6.27. The molecule has 0 aliphatic carbocycles. The maximum atomic E-state index is 12.1. The van der Waals surface area contributed by atoms with Crippen molar-refractivity contribution in [1.82, 2.24) is 4.90 Å². The Balaban J connectivity index is 1.84. The second kappa shape index (κ2) is 9.23. The summed E-state index contributed by atoms with van der Waals surface area (Å²) < 4.78 is 33.3. The predicted molar refractivity (Wildman–Crippen MR) is 104 cm³/mol. The van der Waals surface area contributed by atoms with E-state index in [0.717, 1.165) is 6.26 Å². The average molecular weight is 406 g/mol. The van der Waals surface area contributed by atoms with E-state index in [4.69, 9.17) is 9.47 Å². The summed E-state index contributed by atoms with van der Waals surface area (Å²) in [4.78, 5) is 25.6. The number of nitrogens with one attached hydrogen (secondary N) is 1. The van der Waals surface area contributed by atoms with Crippen LogP contribution in [0.1, 0.15) is 0 Å². The number of sulfone groups is 1. The van der Waals surface area contributed by atoms with Gasteiger partial charge in [0.1, 0.15) is 11.5 Å². The Morgan fingerprint density at radius 1 is 1.07 bits per heavy atom. The second-order valence-corrected chi connectivity index (χ2v) is 8.08. The molecule has 2 amide bonds. The van der Waals surface area contributed by atoms with E-state index in [-0.39, 0.29) is 24.0 Å². The summed E-state index contributed by atoms with van der Waals surface area (Å²) in [5.41, 5.74) is 0.562. The predicted octanol–water partition coefficient (Wildman–Crippen LogP) is 1.57. The van der Waals surface area contributed by atoms with E-state index in [1.807, 2.05) is 0 Å². The molecular weight excluding hydrogens is 384 g/mol. The number of nitrogens with zero attached hydrogens (tertiary/aromatic N) is 1. The minimum absolute atomic E-state index is 0.146. The second-order valence-electron chi connectivity index (χ2n) is 6.06. The third-order valence-electron chi connectivity index (χ3n) is 3.77. The molecular formula is C19H22N2O6S. The highest BCUT2D eigenvalue weighted by atomic mass is 32.2. The number of carbonyl (C=O) groups is 2. The highest BCUT2D eigenvalue weighted by Crippen LogP contribution is 2.17. The summed E-state index contributed by atoms with van der Waals surface area (Å²) in [5.74, 6) is 0.210. The van der Waals surface area contributed by atoms with Gasteiger partial charge in [0.15, 0.2) is 16.4 Å². The van der Waals surface area contributed by atoms with Crippen molar-refractivity contribution in [2.45, 2.75) is 4.90 Å². The lowest BCUT2D eigenvalue weighted by Crippen LogP contribution is -2.37. The number of hydrogen-bond acceptors (Lipinski definition) is 6. The number of hydrogen-bond donors (Lipinski definition) is 1. The van der Waals surface area contributed by atoms with Crippen LogP contribution in [0.4, 0.5) is 5.69 Å². The first kappa shape index (κ1) is 21.2. The molecule has 0 saturated heterocycles. The summed E-state index contributed by atoms with van der Waals surface area (Å²) in [7, 11) is -0.272. The number of methoxy groups -OCH3 is 1. The highest BCUT2D eigenvalue weighted by Gasteiger charge is 2.14. The molecule has 0 heterocycles. The lowest BCUT2D eigenvalue weighted by atomic mass is 10.3. The van der Waals surface area contributed by atoms with Crippen LogP contribution >= 0.6 is 0 Å². The van der Waals surface area contributed by atoms with Crippen molar-refractivity contribution in [1.29, 1.82) is 0 Å². The molecule has 0 bridgehead atoms. The molecule has 0 aromatic heterocycles. The minimum Gasteiger partial charge on any atom is -0.497 e. The number of benzene rings is 2. The Kier molecular flexibility index (Phi) is 7.00. The average Bonchev–Trinajstić information content (AvgIpc) is 2.65. The van der Waals surface area contributed by atoms with Gasteiger partial charge in [-0.25, -0.2) is 8.42 Å². The van der Waals surface area contributed by atoms with Crippen LogP contribution in [0.3, 0.4) is 0 Å². The van der Waals surface area contributed by atoms with E-state index in [2.05, 4.69) is 5.32 Å². The number of carbonyl (C=O) groups excluding carboxylic acids is 2. The highest BCUT2D eigenvalue weighted by molar-refractivity contribution is 7.90. The van der Waals surface area contributed by atoms with Crippen molar-refractivity contribution in [2.24, 2.45) is 0 Å². The normalized spacial score (nSPS) is 10.8. The zero-order chi connectivity index (χ0) is 20.7. The van der Waals surface area contributed by atoms with Gasteiger partial charge in [0, 0.05) is 25.1 Å². The molecule has 8 nitrogen and oxygen atoms in total. The van der Waals surface area contributed by atoms with E-state index < -0.39 is 15.7 Å². The molecule has 2 aromatic rings. The molecule has 0 radical (unpaired) electrons. The lowest BCUT2D eigenvalue weighted by Gasteiger charge is -2.17. The van der Waals surface area contributed by atoms with Crippen LogP contribution in [-0.2, 0) is 19.4 Å². The summed E-state index contributed by atoms with van der Waals surface area (Å²) in [6.07, 6.45) is 1.11. The van der Waals surface area contributed by atoms with E-state index in [1.165, 1.54) is 43.3 Å². The van der Waals surface area contributed by atoms with Crippen LogP contribution < -0.4 is 14.8 Å². The molecule has 28 heavy (non-hydrogen) atoms. The van der Waals surface area contributed by atoms with Crippen molar-refractivity contribution < 1.29 is 27.5 Å². The van der Waals surface area contributed by atoms with Gasteiger partial charge in [-0.1, -0.05) is 6.07 Å². The van der Waals surface area contributed by atoms with Gasteiger partial charge in [0.25, 0.3) is 5.91 Å². The lowest BCUT2D eigenvalue weighted by molar-refractivity contribution is -0.135. The van der Waals surface area contributed by atoms with Crippen LogP contribution in [0, 0.1) is 0 Å². The summed E-state index contributed by atoms with van der Waals surface area (Å²) in [6, 6.07) is 12.6. The Morgan fingerprint density at radius 3 is 2.36 bits per heavy atom. The zero-order valence-electron chi connectivity index (χ0n) is 15.8. The van der Waals surface area contributed by atoms with Crippen LogP contribution in [-0.4, -0.2) is 58.7 Å². The molecule has 0 saturated carbocycles. The fourth-order valence-electron chi connectivity index (χ4n) is 2.24. The molecule has 9 heteroatoms. The molecule has 0 aliphatic heterocycles. The van der Waals surface area contributed by atoms with Crippen LogP contribution in [0.25, 0.3) is 0 Å². The molecule has 0 unspecified atom stereocenters. The fraction of sp³-hybridized carbons (Fsp3) is 0.263. The van der Waals surface area contributed by atoms with Gasteiger partial charge in [-0.2, -0.15) is 0 Å². The van der Waals surface area contributed by atoms with Crippen molar-refractivity contribution in [2.75, 3.05) is 38.9 Å². The van der Waals surface area contributed by atoms with Gasteiger partial charge in [-0.3, -0.25) is 9.59 Å².